The molecule has 0 aliphatic rings. The van der Waals surface area contributed by atoms with Gasteiger partial charge >= 0.3 is 5.97 Å². The van der Waals surface area contributed by atoms with Crippen LogP contribution in [-0.2, 0) is 0 Å². The number of methoxy groups -OCH3 is 2. The Labute approximate surface area is 139 Å². The summed E-state index contributed by atoms with van der Waals surface area (Å²) in [7, 11) is 3.12. The van der Waals surface area contributed by atoms with E-state index in [1.54, 1.807) is 38.5 Å². The minimum atomic E-state index is -0.979. The van der Waals surface area contributed by atoms with Crippen LogP contribution in [-0.4, -0.2) is 30.3 Å². The average molecular weight is 323 g/mol. The van der Waals surface area contributed by atoms with Crippen LogP contribution in [0.15, 0.2) is 42.5 Å². The summed E-state index contributed by atoms with van der Waals surface area (Å²) in [6.07, 6.45) is 0. The van der Waals surface area contributed by atoms with E-state index in [9.17, 15) is 9.90 Å². The van der Waals surface area contributed by atoms with Gasteiger partial charge in [0.15, 0.2) is 11.5 Å². The Hall–Kier alpha value is -3.08. The fourth-order valence-corrected chi connectivity index (χ4v) is 2.66. The standard InChI is InChI=1S/C19H17NO4/c1-11-4-6-13-14(19(21)22)10-15(20-16(13)8-11)12-5-7-17(23-2)18(9-12)24-3/h4-10H,1-3H3,(H,21,22). The quantitative estimate of drug-likeness (QED) is 0.788. The molecule has 0 atom stereocenters. The van der Waals surface area contributed by atoms with Gasteiger partial charge < -0.3 is 14.6 Å². The van der Waals surface area contributed by atoms with Gasteiger partial charge in [0, 0.05) is 10.9 Å². The van der Waals surface area contributed by atoms with Crippen LogP contribution >= 0.6 is 0 Å². The summed E-state index contributed by atoms with van der Waals surface area (Å²) in [5.41, 5.74) is 3.24. The molecular weight excluding hydrogens is 306 g/mol. The van der Waals surface area contributed by atoms with Crippen LogP contribution in [0, 0.1) is 6.92 Å². The lowest BCUT2D eigenvalue weighted by molar-refractivity contribution is 0.0699. The third kappa shape index (κ3) is 2.76. The van der Waals surface area contributed by atoms with Crippen molar-refractivity contribution in [3.05, 3.63) is 53.6 Å². The molecule has 0 amide bonds. The SMILES string of the molecule is COc1ccc(-c2cc(C(=O)O)c3ccc(C)cc3n2)cc1OC. The Morgan fingerprint density at radius 3 is 2.42 bits per heavy atom. The topological polar surface area (TPSA) is 68.7 Å². The number of aryl methyl sites for hydroxylation is 1. The van der Waals surface area contributed by atoms with Crippen LogP contribution < -0.4 is 9.47 Å². The summed E-state index contributed by atoms with van der Waals surface area (Å²) in [6, 6.07) is 12.5. The average Bonchev–Trinajstić information content (AvgIpc) is 2.59. The molecular formula is C19H17NO4. The van der Waals surface area contributed by atoms with Crippen LogP contribution in [0.4, 0.5) is 0 Å². The number of hydrogen-bond donors (Lipinski definition) is 1. The monoisotopic (exact) mass is 323 g/mol. The third-order valence-corrected chi connectivity index (χ3v) is 3.88. The van der Waals surface area contributed by atoms with Gasteiger partial charge in [-0.05, 0) is 42.8 Å². The second-order valence-corrected chi connectivity index (χ2v) is 5.45. The van der Waals surface area contributed by atoms with Crippen molar-refractivity contribution in [1.82, 2.24) is 4.98 Å². The highest BCUT2D eigenvalue weighted by Gasteiger charge is 2.14. The first-order valence-corrected chi connectivity index (χ1v) is 7.40. The van der Waals surface area contributed by atoms with Crippen molar-refractivity contribution >= 4 is 16.9 Å². The molecule has 2 aromatic carbocycles. The maximum absolute atomic E-state index is 11.6. The number of carboxylic acid groups (broad SMARTS) is 1. The molecule has 0 saturated heterocycles. The van der Waals surface area contributed by atoms with E-state index in [0.29, 0.717) is 28.1 Å². The lowest BCUT2D eigenvalue weighted by Gasteiger charge is -2.11. The lowest BCUT2D eigenvalue weighted by atomic mass is 10.0. The van der Waals surface area contributed by atoms with Crippen molar-refractivity contribution in [3.63, 3.8) is 0 Å². The van der Waals surface area contributed by atoms with Gasteiger partial charge in [0.1, 0.15) is 0 Å². The Balaban J connectivity index is 2.24. The normalized spacial score (nSPS) is 10.6. The molecule has 122 valence electrons. The first kappa shape index (κ1) is 15.8. The van der Waals surface area contributed by atoms with Crippen molar-refractivity contribution in [1.29, 1.82) is 0 Å². The number of benzene rings is 2. The summed E-state index contributed by atoms with van der Waals surface area (Å²) < 4.78 is 10.5. The van der Waals surface area contributed by atoms with Gasteiger partial charge in [-0.3, -0.25) is 0 Å². The molecule has 0 unspecified atom stereocenters. The Kier molecular flexibility index (Phi) is 4.08. The van der Waals surface area contributed by atoms with E-state index in [1.807, 2.05) is 25.1 Å². The van der Waals surface area contributed by atoms with Crippen molar-refractivity contribution in [2.24, 2.45) is 0 Å². The molecule has 0 aliphatic heterocycles. The van der Waals surface area contributed by atoms with E-state index in [4.69, 9.17) is 9.47 Å². The highest BCUT2D eigenvalue weighted by molar-refractivity contribution is 6.03. The summed E-state index contributed by atoms with van der Waals surface area (Å²) in [6.45, 7) is 1.95. The van der Waals surface area contributed by atoms with Crippen LogP contribution in [0.5, 0.6) is 11.5 Å². The van der Waals surface area contributed by atoms with E-state index < -0.39 is 5.97 Å². The lowest BCUT2D eigenvalue weighted by Crippen LogP contribution is -2.00. The molecule has 5 heteroatoms. The van der Waals surface area contributed by atoms with Gasteiger partial charge in [-0.2, -0.15) is 0 Å². The molecule has 0 saturated carbocycles. The number of carboxylic acids is 1. The van der Waals surface area contributed by atoms with Crippen molar-refractivity contribution in [3.8, 4) is 22.8 Å². The number of hydrogen-bond acceptors (Lipinski definition) is 4. The van der Waals surface area contributed by atoms with Crippen LogP contribution in [0.2, 0.25) is 0 Å². The molecule has 1 aromatic heterocycles. The molecule has 5 nitrogen and oxygen atoms in total. The summed E-state index contributed by atoms with van der Waals surface area (Å²) in [5, 5.41) is 10.2. The maximum Gasteiger partial charge on any atom is 0.336 e. The van der Waals surface area contributed by atoms with Gasteiger partial charge in [-0.25, -0.2) is 9.78 Å². The van der Waals surface area contributed by atoms with E-state index in [1.165, 1.54) is 0 Å². The zero-order valence-electron chi connectivity index (χ0n) is 13.7. The number of rotatable bonds is 4. The van der Waals surface area contributed by atoms with Gasteiger partial charge in [-0.1, -0.05) is 12.1 Å². The summed E-state index contributed by atoms with van der Waals surface area (Å²) in [4.78, 5) is 16.3. The minimum Gasteiger partial charge on any atom is -0.493 e. The van der Waals surface area contributed by atoms with Crippen LogP contribution in [0.25, 0.3) is 22.2 Å². The molecule has 0 bridgehead atoms. The highest BCUT2D eigenvalue weighted by Crippen LogP contribution is 2.33. The number of aromatic nitrogens is 1. The van der Waals surface area contributed by atoms with Gasteiger partial charge in [-0.15, -0.1) is 0 Å². The summed E-state index contributed by atoms with van der Waals surface area (Å²) >= 11 is 0. The van der Waals surface area contributed by atoms with Crippen LogP contribution in [0.3, 0.4) is 0 Å². The molecule has 1 N–H and O–H groups in total. The van der Waals surface area contributed by atoms with E-state index >= 15 is 0 Å². The molecule has 24 heavy (non-hydrogen) atoms. The molecule has 0 spiro atoms. The van der Waals surface area contributed by atoms with Crippen molar-refractivity contribution in [2.75, 3.05) is 14.2 Å². The molecule has 3 rings (SSSR count). The number of ether oxygens (including phenoxy) is 2. The number of pyridine rings is 1. The first-order chi connectivity index (χ1) is 11.5. The number of aromatic carboxylic acids is 1. The fourth-order valence-electron chi connectivity index (χ4n) is 2.66. The second-order valence-electron chi connectivity index (χ2n) is 5.45. The fraction of sp³-hybridized carbons (Fsp3) is 0.158. The Bertz CT molecular complexity index is 934. The predicted molar refractivity (Wildman–Crippen MR) is 92.0 cm³/mol. The highest BCUT2D eigenvalue weighted by atomic mass is 16.5. The largest absolute Gasteiger partial charge is 0.493 e. The number of fused-ring (bicyclic) bond motifs is 1. The molecule has 1 heterocycles. The first-order valence-electron chi connectivity index (χ1n) is 7.40. The van der Waals surface area contributed by atoms with Crippen molar-refractivity contribution in [2.45, 2.75) is 6.92 Å². The number of carbonyl (C=O) groups is 1. The minimum absolute atomic E-state index is 0.227. The zero-order valence-corrected chi connectivity index (χ0v) is 13.7. The Morgan fingerprint density at radius 1 is 1.00 bits per heavy atom. The summed E-state index contributed by atoms with van der Waals surface area (Å²) in [5.74, 6) is 0.197. The molecule has 0 aliphatic carbocycles. The van der Waals surface area contributed by atoms with E-state index in [2.05, 4.69) is 4.98 Å². The Morgan fingerprint density at radius 2 is 1.75 bits per heavy atom. The molecule has 3 aromatic rings. The molecule has 0 fully saturated rings. The van der Waals surface area contributed by atoms with E-state index in [0.717, 1.165) is 11.1 Å². The van der Waals surface area contributed by atoms with Gasteiger partial charge in [0.2, 0.25) is 0 Å². The predicted octanol–water partition coefficient (Wildman–Crippen LogP) is 3.93. The van der Waals surface area contributed by atoms with Crippen LogP contribution in [0.1, 0.15) is 15.9 Å². The second kappa shape index (κ2) is 6.20. The van der Waals surface area contributed by atoms with E-state index in [-0.39, 0.29) is 5.56 Å². The maximum atomic E-state index is 11.6. The smallest absolute Gasteiger partial charge is 0.336 e. The van der Waals surface area contributed by atoms with Gasteiger partial charge in [0.05, 0.1) is 31.0 Å². The van der Waals surface area contributed by atoms with Crippen molar-refractivity contribution < 1.29 is 19.4 Å². The molecule has 0 radical (unpaired) electrons. The zero-order chi connectivity index (χ0) is 17.3. The number of nitrogens with zero attached hydrogens (tertiary/aromatic N) is 1. The third-order valence-electron chi connectivity index (χ3n) is 3.88. The van der Waals surface area contributed by atoms with Gasteiger partial charge in [0.25, 0.3) is 0 Å².